The molecule has 152 valence electrons. The number of aliphatic hydroxyl groups is 4. The number of rotatable bonds is 6. The lowest BCUT2D eigenvalue weighted by atomic mass is 9.95. The summed E-state index contributed by atoms with van der Waals surface area (Å²) < 4.78 is 18.8. The molecule has 0 bridgehead atoms. The second-order valence-electron chi connectivity index (χ2n) is 5.84. The molecule has 1 saturated heterocycles. The molecule has 2 heterocycles. The summed E-state index contributed by atoms with van der Waals surface area (Å²) in [6.07, 6.45) is -6.76. The van der Waals surface area contributed by atoms with E-state index in [1.807, 2.05) is 0 Å². The van der Waals surface area contributed by atoms with E-state index >= 15 is 0 Å². The third-order valence-corrected chi connectivity index (χ3v) is 3.93. The highest BCUT2D eigenvalue weighted by molar-refractivity contribution is 5.92. The Morgan fingerprint density at radius 3 is 2.52 bits per heavy atom. The molecule has 12 heteroatoms. The third kappa shape index (κ3) is 4.73. The number of ether oxygens (including phenoxy) is 2. The molecule has 27 heavy (non-hydrogen) atoms. The Bertz CT molecular complexity index is 698. The van der Waals surface area contributed by atoms with Gasteiger partial charge in [-0.2, -0.15) is 0 Å². The highest BCUT2D eigenvalue weighted by Gasteiger charge is 2.50. The van der Waals surface area contributed by atoms with Crippen molar-refractivity contribution < 1.29 is 48.3 Å². The van der Waals surface area contributed by atoms with Crippen molar-refractivity contribution in [2.75, 3.05) is 6.61 Å². The van der Waals surface area contributed by atoms with E-state index in [9.17, 15) is 29.7 Å². The lowest BCUT2D eigenvalue weighted by Gasteiger charge is -2.43. The molecule has 1 unspecified atom stereocenters. The van der Waals surface area contributed by atoms with Gasteiger partial charge in [0, 0.05) is 6.42 Å². The third-order valence-electron chi connectivity index (χ3n) is 3.93. The van der Waals surface area contributed by atoms with Crippen LogP contribution in [0.15, 0.2) is 19.9 Å². The number of carbonyl (C=O) groups is 2. The maximum atomic E-state index is 12.4. The normalized spacial score (nSPS) is 28.0. The number of carbonyl (C=O) groups excluding carboxylic acids is 2. The summed E-state index contributed by atoms with van der Waals surface area (Å²) in [5, 5.41) is 39.5. The molecule has 0 saturated carbocycles. The SMILES string of the molecule is CCCC(=O)N(C(=O)OCc1coc(=O)o1)[C@H]1C(O)O[C@H](CO)[C@@H](O)[C@@H]1O. The monoisotopic (exact) mass is 391 g/mol. The molecule has 2 amide bonds. The summed E-state index contributed by atoms with van der Waals surface area (Å²) in [7, 11) is 0. The standard InChI is InChI=1S/C15H21NO11/c1-2-3-9(18)16(14(22)24-5-7-6-25-15(23)26-7)10-12(20)11(19)8(4-17)27-13(10)21/h6,8,10-13,17,19-21H,2-5H2,1H3/t8-,10-,11-,12-,13?/m1/s1. The molecule has 0 aromatic carbocycles. The Labute approximate surface area is 152 Å². The van der Waals surface area contributed by atoms with E-state index in [0.29, 0.717) is 11.3 Å². The number of nitrogens with zero attached hydrogens (tertiary/aromatic N) is 1. The smallest absolute Gasteiger partial charge is 0.441 e. The van der Waals surface area contributed by atoms with Gasteiger partial charge in [0.2, 0.25) is 5.91 Å². The van der Waals surface area contributed by atoms with Crippen molar-refractivity contribution in [3.05, 3.63) is 22.6 Å². The number of aliphatic hydroxyl groups excluding tert-OH is 4. The van der Waals surface area contributed by atoms with Crippen molar-refractivity contribution in [3.63, 3.8) is 0 Å². The van der Waals surface area contributed by atoms with E-state index in [-0.39, 0.29) is 12.2 Å². The van der Waals surface area contributed by atoms with Crippen LogP contribution in [0.1, 0.15) is 25.5 Å². The number of hydrogen-bond acceptors (Lipinski definition) is 11. The van der Waals surface area contributed by atoms with Gasteiger partial charge >= 0.3 is 11.9 Å². The predicted molar refractivity (Wildman–Crippen MR) is 83.0 cm³/mol. The highest BCUT2D eigenvalue weighted by Crippen LogP contribution is 2.25. The lowest BCUT2D eigenvalue weighted by molar-refractivity contribution is -0.267. The maximum absolute atomic E-state index is 12.4. The summed E-state index contributed by atoms with van der Waals surface area (Å²) in [6.45, 7) is 0.416. The molecule has 2 rings (SSSR count). The minimum Gasteiger partial charge on any atom is -0.441 e. The molecule has 4 N–H and O–H groups in total. The molecule has 1 aromatic rings. The molecule has 12 nitrogen and oxygen atoms in total. The van der Waals surface area contributed by atoms with Crippen LogP contribution in [0, 0.1) is 0 Å². The topological polar surface area (TPSA) is 180 Å². The second kappa shape index (κ2) is 9.10. The van der Waals surface area contributed by atoms with Crippen LogP contribution >= 0.6 is 0 Å². The Balaban J connectivity index is 2.20. The first-order valence-electron chi connectivity index (χ1n) is 8.17. The summed E-state index contributed by atoms with van der Waals surface area (Å²) in [4.78, 5) is 36.0. The van der Waals surface area contributed by atoms with Crippen LogP contribution < -0.4 is 5.82 Å². The summed E-state index contributed by atoms with van der Waals surface area (Å²) >= 11 is 0. The molecule has 1 aliphatic rings. The van der Waals surface area contributed by atoms with Crippen molar-refractivity contribution >= 4 is 12.0 Å². The second-order valence-corrected chi connectivity index (χ2v) is 5.84. The summed E-state index contributed by atoms with van der Waals surface area (Å²) in [6, 6.07) is -1.68. The van der Waals surface area contributed by atoms with Gasteiger partial charge in [-0.1, -0.05) is 6.92 Å². The summed E-state index contributed by atoms with van der Waals surface area (Å²) in [5.41, 5.74) is 0. The van der Waals surface area contributed by atoms with E-state index < -0.39 is 61.7 Å². The molecular formula is C15H21NO11. The fourth-order valence-corrected chi connectivity index (χ4v) is 2.62. The van der Waals surface area contributed by atoms with E-state index in [1.165, 1.54) is 0 Å². The first-order chi connectivity index (χ1) is 12.8. The molecule has 0 aliphatic carbocycles. The fraction of sp³-hybridized carbons (Fsp3) is 0.667. The van der Waals surface area contributed by atoms with Gasteiger partial charge in [0.1, 0.15) is 30.6 Å². The average Bonchev–Trinajstić information content (AvgIpc) is 3.05. The van der Waals surface area contributed by atoms with Crippen LogP contribution in [0.2, 0.25) is 0 Å². The van der Waals surface area contributed by atoms with Crippen LogP contribution in [0.3, 0.4) is 0 Å². The van der Waals surface area contributed by atoms with E-state index in [0.717, 1.165) is 6.26 Å². The molecule has 1 aliphatic heterocycles. The Morgan fingerprint density at radius 2 is 1.96 bits per heavy atom. The first kappa shape index (κ1) is 21.1. The minimum absolute atomic E-state index is 0.120. The minimum atomic E-state index is -1.87. The summed E-state index contributed by atoms with van der Waals surface area (Å²) in [5.74, 6) is -1.93. The number of imide groups is 1. The van der Waals surface area contributed by atoms with Crippen LogP contribution in [0.5, 0.6) is 0 Å². The molecule has 1 aromatic heterocycles. The molecule has 0 radical (unpaired) electrons. The van der Waals surface area contributed by atoms with Crippen LogP contribution in [-0.2, 0) is 20.9 Å². The molecule has 0 spiro atoms. The first-order valence-corrected chi connectivity index (χ1v) is 8.17. The van der Waals surface area contributed by atoms with Crippen molar-refractivity contribution in [1.82, 2.24) is 4.90 Å². The zero-order valence-corrected chi connectivity index (χ0v) is 14.4. The van der Waals surface area contributed by atoms with Crippen molar-refractivity contribution in [1.29, 1.82) is 0 Å². The molecular weight excluding hydrogens is 370 g/mol. The number of hydrogen-bond donors (Lipinski definition) is 4. The molecule has 1 fully saturated rings. The average molecular weight is 391 g/mol. The van der Waals surface area contributed by atoms with Gasteiger partial charge in [-0.15, -0.1) is 0 Å². The zero-order valence-electron chi connectivity index (χ0n) is 14.4. The van der Waals surface area contributed by atoms with E-state index in [4.69, 9.17) is 14.6 Å². The highest BCUT2D eigenvalue weighted by atomic mass is 16.6. The number of amides is 2. The van der Waals surface area contributed by atoms with Gasteiger partial charge in [-0.25, -0.2) is 14.5 Å². The van der Waals surface area contributed by atoms with Gasteiger partial charge in [0.15, 0.2) is 18.7 Å². The lowest BCUT2D eigenvalue weighted by Crippen LogP contribution is -2.66. The van der Waals surface area contributed by atoms with Gasteiger partial charge in [0.05, 0.1) is 6.61 Å². The van der Waals surface area contributed by atoms with Crippen molar-refractivity contribution in [2.45, 2.75) is 57.0 Å². The fourth-order valence-electron chi connectivity index (χ4n) is 2.62. The van der Waals surface area contributed by atoms with Crippen LogP contribution in [-0.4, -0.2) is 74.6 Å². The molecule has 5 atom stereocenters. The predicted octanol–water partition coefficient (Wildman–Crippen LogP) is -1.70. The van der Waals surface area contributed by atoms with Gasteiger partial charge in [0.25, 0.3) is 0 Å². The van der Waals surface area contributed by atoms with Gasteiger partial charge in [-0.3, -0.25) is 4.79 Å². The Morgan fingerprint density at radius 1 is 1.26 bits per heavy atom. The van der Waals surface area contributed by atoms with E-state index in [1.54, 1.807) is 6.92 Å². The zero-order chi connectivity index (χ0) is 20.1. The Kier molecular flexibility index (Phi) is 7.10. The maximum Gasteiger partial charge on any atom is 0.518 e. The van der Waals surface area contributed by atoms with Gasteiger partial charge < -0.3 is 38.7 Å². The van der Waals surface area contributed by atoms with Gasteiger partial charge in [-0.05, 0) is 6.42 Å². The van der Waals surface area contributed by atoms with Crippen LogP contribution in [0.25, 0.3) is 0 Å². The van der Waals surface area contributed by atoms with E-state index in [2.05, 4.69) is 8.83 Å². The van der Waals surface area contributed by atoms with Crippen LogP contribution in [0.4, 0.5) is 4.79 Å². The van der Waals surface area contributed by atoms with Crippen molar-refractivity contribution in [3.8, 4) is 0 Å². The quantitative estimate of drug-likeness (QED) is 0.434. The largest absolute Gasteiger partial charge is 0.518 e. The van der Waals surface area contributed by atoms with Crippen molar-refractivity contribution in [2.24, 2.45) is 0 Å². The Hall–Kier alpha value is -2.25.